The maximum atomic E-state index is 9.81. The van der Waals surface area contributed by atoms with Crippen LogP contribution in [0.1, 0.15) is 0 Å². The highest BCUT2D eigenvalue weighted by molar-refractivity contribution is 7.17. The first-order valence-corrected chi connectivity index (χ1v) is 5.04. The first-order valence-electron chi connectivity index (χ1n) is 4.22. The number of nitrogens with zero attached hydrogens (tertiary/aromatic N) is 3. The lowest BCUT2D eigenvalue weighted by atomic mass is 10.5. The summed E-state index contributed by atoms with van der Waals surface area (Å²) in [5.74, 6) is 0. The fraction of sp³-hybridized carbons (Fsp3) is 0.625. The fourth-order valence-electron chi connectivity index (χ4n) is 0.554. The summed E-state index contributed by atoms with van der Waals surface area (Å²) >= 11 is 0. The Labute approximate surface area is 86.0 Å². The van der Waals surface area contributed by atoms with Gasteiger partial charge in [0.05, 0.1) is 21.1 Å². The Morgan fingerprint density at radius 3 is 2.50 bits per heavy atom. The Morgan fingerprint density at radius 1 is 1.50 bits per heavy atom. The molecule has 0 N–H and O–H groups in total. The van der Waals surface area contributed by atoms with Gasteiger partial charge in [0.2, 0.25) is 0 Å². The van der Waals surface area contributed by atoms with E-state index < -0.39 is 8.69 Å². The van der Waals surface area contributed by atoms with Crippen LogP contribution in [0.4, 0.5) is 0 Å². The Hall–Kier alpha value is -0.770. The van der Waals surface area contributed by atoms with Crippen molar-refractivity contribution in [1.82, 2.24) is 9.97 Å². The van der Waals surface area contributed by atoms with Gasteiger partial charge in [-0.15, -0.1) is 4.52 Å². The third-order valence-electron chi connectivity index (χ3n) is 1.30. The molecule has 5 nitrogen and oxygen atoms in total. The number of imidazole rings is 1. The molecule has 1 aromatic heterocycles. The Bertz CT molecular complexity index is 204. The average Bonchev–Trinajstić information content (AvgIpc) is 2.59. The fourth-order valence-corrected chi connectivity index (χ4v) is 0.728. The Kier molecular flexibility index (Phi) is 7.20. The quantitative estimate of drug-likeness (QED) is 0.424. The molecule has 1 atom stereocenters. The maximum absolute atomic E-state index is 9.81. The minimum atomic E-state index is -0.616. The average molecular weight is 218 g/mol. The molecule has 14 heavy (non-hydrogen) atoms. The van der Waals surface area contributed by atoms with Crippen molar-refractivity contribution in [1.29, 1.82) is 0 Å². The van der Waals surface area contributed by atoms with Gasteiger partial charge in [0, 0.05) is 0 Å². The molecule has 0 amide bonds. The van der Waals surface area contributed by atoms with E-state index in [1.807, 2.05) is 0 Å². The summed E-state index contributed by atoms with van der Waals surface area (Å²) in [7, 11) is 5.58. The molecule has 1 rings (SSSR count). The molecule has 1 heterocycles. The highest BCUT2D eigenvalue weighted by Gasteiger charge is 2.06. The normalized spacial score (nSPS) is 10.8. The van der Waals surface area contributed by atoms with E-state index in [1.54, 1.807) is 12.4 Å². The Morgan fingerprint density at radius 2 is 2.21 bits per heavy atom. The minimum absolute atomic E-state index is 0.575. The van der Waals surface area contributed by atoms with Crippen molar-refractivity contribution >= 4 is 8.69 Å². The molecule has 6 heteroatoms. The van der Waals surface area contributed by atoms with Crippen molar-refractivity contribution in [3.05, 3.63) is 18.7 Å². The van der Waals surface area contributed by atoms with E-state index in [4.69, 9.17) is 0 Å². The summed E-state index contributed by atoms with van der Waals surface area (Å²) in [6.45, 7) is 1.47. The topological polar surface area (TPSA) is 53.3 Å². The highest BCUT2D eigenvalue weighted by atomic mass is 31.1. The van der Waals surface area contributed by atoms with Gasteiger partial charge in [0.1, 0.15) is 6.54 Å². The molecule has 1 unspecified atom stereocenters. The van der Waals surface area contributed by atoms with Gasteiger partial charge in [-0.3, -0.25) is 0 Å². The van der Waals surface area contributed by atoms with Crippen molar-refractivity contribution in [3.63, 3.8) is 0 Å². The van der Waals surface area contributed by atoms with Gasteiger partial charge in [0.15, 0.2) is 6.61 Å². The molecule has 80 valence electrons. The van der Waals surface area contributed by atoms with Crippen LogP contribution in [-0.4, -0.2) is 43.8 Å². The molecular weight excluding hydrogens is 201 g/mol. The van der Waals surface area contributed by atoms with Crippen LogP contribution in [0.5, 0.6) is 0 Å². The maximum Gasteiger partial charge on any atom is 0.494 e. The van der Waals surface area contributed by atoms with Gasteiger partial charge in [-0.2, -0.15) is 0 Å². The predicted molar refractivity (Wildman–Crippen MR) is 55.4 cm³/mol. The van der Waals surface area contributed by atoms with Gasteiger partial charge in [-0.05, 0) is 4.57 Å². The van der Waals surface area contributed by atoms with Gasteiger partial charge >= 0.3 is 8.69 Å². The van der Waals surface area contributed by atoms with Crippen molar-refractivity contribution < 1.29 is 13.6 Å². The summed E-state index contributed by atoms with van der Waals surface area (Å²) < 4.78 is 15.3. The number of hydrogen-bond acceptors (Lipinski definition) is 3. The van der Waals surface area contributed by atoms with E-state index in [-0.39, 0.29) is 0 Å². The van der Waals surface area contributed by atoms with Crippen molar-refractivity contribution in [2.24, 2.45) is 0 Å². The van der Waals surface area contributed by atoms with Crippen LogP contribution in [0.3, 0.4) is 0 Å². The van der Waals surface area contributed by atoms with Crippen molar-refractivity contribution in [3.8, 4) is 0 Å². The second kappa shape index (κ2) is 7.62. The zero-order valence-electron chi connectivity index (χ0n) is 8.80. The van der Waals surface area contributed by atoms with Gasteiger partial charge in [-0.1, -0.05) is 18.7 Å². The second-order valence-electron chi connectivity index (χ2n) is 3.66. The third-order valence-corrected chi connectivity index (χ3v) is 1.62. The predicted octanol–water partition coefficient (Wildman–Crippen LogP) is 0.687. The van der Waals surface area contributed by atoms with E-state index in [9.17, 15) is 4.57 Å². The minimum Gasteiger partial charge on any atom is -0.450 e. The van der Waals surface area contributed by atoms with E-state index in [0.717, 1.165) is 11.0 Å². The molecule has 0 radical (unpaired) electrons. The van der Waals surface area contributed by atoms with Crippen molar-refractivity contribution in [2.45, 2.75) is 0 Å². The van der Waals surface area contributed by atoms with Gasteiger partial charge < -0.3 is 14.5 Å². The largest absolute Gasteiger partial charge is 0.494 e. The monoisotopic (exact) mass is 218 g/mol. The number of rotatable bonds is 4. The number of hydrogen-bond donors (Lipinski definition) is 0. The number of quaternary nitrogens is 1. The lowest BCUT2D eigenvalue weighted by Gasteiger charge is -2.21. The van der Waals surface area contributed by atoms with Crippen LogP contribution in [0.25, 0.3) is 0 Å². The van der Waals surface area contributed by atoms with Crippen LogP contribution < -0.4 is 4.98 Å². The molecule has 0 spiro atoms. The van der Waals surface area contributed by atoms with Crippen LogP contribution in [0.2, 0.25) is 0 Å². The zero-order valence-corrected chi connectivity index (χ0v) is 9.80. The molecule has 0 aromatic carbocycles. The molecule has 1 aromatic rings. The van der Waals surface area contributed by atoms with E-state index in [2.05, 4.69) is 35.6 Å². The summed E-state index contributed by atoms with van der Waals surface area (Å²) in [6, 6.07) is 0. The van der Waals surface area contributed by atoms with E-state index >= 15 is 0 Å². The molecule has 0 aliphatic carbocycles. The van der Waals surface area contributed by atoms with Crippen LogP contribution >= 0.6 is 8.69 Å². The van der Waals surface area contributed by atoms with Crippen LogP contribution in [-0.2, 0) is 9.09 Å². The van der Waals surface area contributed by atoms with Gasteiger partial charge in [-0.25, -0.2) is 0 Å². The van der Waals surface area contributed by atoms with Crippen LogP contribution in [0.15, 0.2) is 18.7 Å². The van der Waals surface area contributed by atoms with Gasteiger partial charge in [0.25, 0.3) is 0 Å². The number of aromatic nitrogens is 2. The number of likely N-dealkylation sites (N-methyl/N-ethyl adjacent to an activating group) is 1. The summed E-state index contributed by atoms with van der Waals surface area (Å²) in [5, 5.41) is 0. The second-order valence-corrected chi connectivity index (χ2v) is 4.11. The molecule has 0 saturated heterocycles. The summed E-state index contributed by atoms with van der Waals surface area (Å²) in [4.78, 5) is 7.22. The first-order chi connectivity index (χ1) is 6.56. The summed E-state index contributed by atoms with van der Waals surface area (Å²) in [5.41, 5.74) is 0. The molecule has 0 aliphatic heterocycles. The summed E-state index contributed by atoms with van der Waals surface area (Å²) in [6.07, 6.45) is 4.78. The molecule has 0 saturated carbocycles. The van der Waals surface area contributed by atoms with E-state index in [0.29, 0.717) is 6.61 Å². The zero-order chi connectivity index (χ0) is 10.9. The lowest BCUT2D eigenvalue weighted by Crippen LogP contribution is -2.37. The molecule has 0 fully saturated rings. The van der Waals surface area contributed by atoms with Crippen molar-refractivity contribution in [2.75, 3.05) is 34.3 Å². The highest BCUT2D eigenvalue weighted by Crippen LogP contribution is 1.96. The lowest BCUT2D eigenvalue weighted by molar-refractivity contribution is -0.870. The molecule has 0 bridgehead atoms. The standard InChI is InChI=1S/C5H14NO2P.C3H3N2/c1-6(2,3)4-5-8-9-7;1-2-5-3-4-1/h9H,4-5H2,1-3H3;1-3H/q+2;-1. The molecular formula is C8H17N3O2P+. The molecule has 0 aliphatic rings. The third kappa shape index (κ3) is 11.2. The Balaban J connectivity index is 0.000000280. The van der Waals surface area contributed by atoms with E-state index in [1.165, 1.54) is 6.33 Å². The first kappa shape index (κ1) is 13.2. The SMILES string of the molecule is C[N+](C)(C)CCO[PH+]=O.c1c[n-]cn1. The van der Waals surface area contributed by atoms with Crippen LogP contribution in [0, 0.1) is 0 Å². The smallest absolute Gasteiger partial charge is 0.450 e.